The fourth-order valence-electron chi connectivity index (χ4n) is 0.899. The Hall–Kier alpha value is -0.410. The number of rotatable bonds is 1. The van der Waals surface area contributed by atoms with Gasteiger partial charge in [0.2, 0.25) is 0 Å². The third-order valence-corrected chi connectivity index (χ3v) is 1.52. The molecule has 1 aliphatic heterocycles. The fraction of sp³-hybridized carbons (Fsp3) is 0.833. The van der Waals surface area contributed by atoms with Gasteiger partial charge in [-0.25, -0.2) is 0 Å². The number of carbonyl (C=O) groups excluding carboxylic acids is 1. The molecule has 0 amide bonds. The first-order valence-corrected chi connectivity index (χ1v) is 3.15. The van der Waals surface area contributed by atoms with Crippen molar-refractivity contribution < 1.29 is 9.53 Å². The summed E-state index contributed by atoms with van der Waals surface area (Å²) in [7, 11) is 0. The Kier molecular flexibility index (Phi) is 2.19. The van der Waals surface area contributed by atoms with E-state index in [0.29, 0.717) is 6.61 Å². The average Bonchev–Trinajstić information content (AvgIpc) is 1.89. The third kappa shape index (κ3) is 1.50. The Bertz CT molecular complexity index is 105. The second-order valence-corrected chi connectivity index (χ2v) is 2.19. The van der Waals surface area contributed by atoms with Gasteiger partial charge in [-0.15, -0.1) is 0 Å². The van der Waals surface area contributed by atoms with Gasteiger partial charge in [-0.1, -0.05) is 0 Å². The van der Waals surface area contributed by atoms with Gasteiger partial charge in [-0.3, -0.25) is 0 Å². The standard InChI is InChI=1S/C6H11NO2/c1-5-6(4-8)7-2-3-9-5/h4-7H,2-3H2,1H3/t5-,6-/m1/s1. The van der Waals surface area contributed by atoms with Crippen LogP contribution >= 0.6 is 0 Å². The molecule has 1 heterocycles. The van der Waals surface area contributed by atoms with Crippen molar-refractivity contribution in [3.8, 4) is 0 Å². The highest BCUT2D eigenvalue weighted by Crippen LogP contribution is 1.99. The molecule has 2 atom stereocenters. The normalized spacial score (nSPS) is 36.1. The summed E-state index contributed by atoms with van der Waals surface area (Å²) >= 11 is 0. The molecule has 0 bridgehead atoms. The summed E-state index contributed by atoms with van der Waals surface area (Å²) in [6.07, 6.45) is 0.931. The Morgan fingerprint density at radius 1 is 1.78 bits per heavy atom. The first-order chi connectivity index (χ1) is 4.34. The zero-order valence-corrected chi connectivity index (χ0v) is 5.46. The van der Waals surface area contributed by atoms with Crippen LogP contribution in [0.25, 0.3) is 0 Å². The Balaban J connectivity index is 2.38. The first-order valence-electron chi connectivity index (χ1n) is 3.15. The smallest absolute Gasteiger partial charge is 0.139 e. The predicted molar refractivity (Wildman–Crippen MR) is 33.3 cm³/mol. The lowest BCUT2D eigenvalue weighted by atomic mass is 10.2. The summed E-state index contributed by atoms with van der Waals surface area (Å²) in [5.41, 5.74) is 0. The van der Waals surface area contributed by atoms with Crippen molar-refractivity contribution in [2.24, 2.45) is 0 Å². The Morgan fingerprint density at radius 2 is 2.56 bits per heavy atom. The van der Waals surface area contributed by atoms with E-state index in [4.69, 9.17) is 4.74 Å². The van der Waals surface area contributed by atoms with E-state index in [1.807, 2.05) is 6.92 Å². The Morgan fingerprint density at radius 3 is 3.00 bits per heavy atom. The van der Waals surface area contributed by atoms with Crippen molar-refractivity contribution in [1.29, 1.82) is 0 Å². The molecular weight excluding hydrogens is 118 g/mol. The van der Waals surface area contributed by atoms with E-state index in [9.17, 15) is 4.79 Å². The van der Waals surface area contributed by atoms with Gasteiger partial charge in [0.05, 0.1) is 18.8 Å². The summed E-state index contributed by atoms with van der Waals surface area (Å²) in [4.78, 5) is 10.2. The zero-order valence-electron chi connectivity index (χ0n) is 5.46. The summed E-state index contributed by atoms with van der Waals surface area (Å²) in [6.45, 7) is 3.39. The number of morpholine rings is 1. The molecule has 1 saturated heterocycles. The predicted octanol–water partition coefficient (Wildman–Crippen LogP) is -0.438. The van der Waals surface area contributed by atoms with Crippen LogP contribution < -0.4 is 5.32 Å². The van der Waals surface area contributed by atoms with Gasteiger partial charge in [0, 0.05) is 6.54 Å². The number of nitrogens with one attached hydrogen (secondary N) is 1. The maximum atomic E-state index is 10.2. The fourth-order valence-corrected chi connectivity index (χ4v) is 0.899. The molecule has 0 aromatic rings. The van der Waals surface area contributed by atoms with E-state index in [1.54, 1.807) is 0 Å². The molecule has 3 heteroatoms. The summed E-state index contributed by atoms with van der Waals surface area (Å²) in [5, 5.41) is 3.03. The molecule has 1 rings (SSSR count). The van der Waals surface area contributed by atoms with Gasteiger partial charge in [0.25, 0.3) is 0 Å². The van der Waals surface area contributed by atoms with Crippen LogP contribution in [0.5, 0.6) is 0 Å². The van der Waals surface area contributed by atoms with Crippen molar-refractivity contribution in [3.63, 3.8) is 0 Å². The van der Waals surface area contributed by atoms with E-state index >= 15 is 0 Å². The number of ether oxygens (including phenoxy) is 1. The minimum Gasteiger partial charge on any atom is -0.375 e. The number of hydrogen-bond donors (Lipinski definition) is 1. The molecule has 52 valence electrons. The van der Waals surface area contributed by atoms with Crippen molar-refractivity contribution in [3.05, 3.63) is 0 Å². The molecule has 0 aromatic carbocycles. The SMILES string of the molecule is C[C@H]1OCCN[C@@H]1C=O. The molecule has 9 heavy (non-hydrogen) atoms. The van der Waals surface area contributed by atoms with Crippen LogP contribution in [0.4, 0.5) is 0 Å². The van der Waals surface area contributed by atoms with Crippen LogP contribution in [0.1, 0.15) is 6.92 Å². The summed E-state index contributed by atoms with van der Waals surface area (Å²) in [5.74, 6) is 0. The second kappa shape index (κ2) is 2.94. The van der Waals surface area contributed by atoms with Crippen LogP contribution in [0.3, 0.4) is 0 Å². The summed E-state index contributed by atoms with van der Waals surface area (Å²) in [6, 6.07) is -0.0984. The first kappa shape index (κ1) is 6.71. The monoisotopic (exact) mass is 129 g/mol. The van der Waals surface area contributed by atoms with Gasteiger partial charge in [0.15, 0.2) is 0 Å². The molecule has 1 aliphatic rings. The zero-order chi connectivity index (χ0) is 6.69. The van der Waals surface area contributed by atoms with E-state index in [2.05, 4.69) is 5.32 Å². The quantitative estimate of drug-likeness (QED) is 0.488. The minimum atomic E-state index is -0.0984. The molecule has 0 radical (unpaired) electrons. The Labute approximate surface area is 54.4 Å². The van der Waals surface area contributed by atoms with E-state index in [1.165, 1.54) is 0 Å². The molecule has 0 aromatic heterocycles. The molecule has 1 fully saturated rings. The second-order valence-electron chi connectivity index (χ2n) is 2.19. The van der Waals surface area contributed by atoms with Crippen molar-refractivity contribution >= 4 is 6.29 Å². The molecule has 1 N–H and O–H groups in total. The van der Waals surface area contributed by atoms with Gasteiger partial charge < -0.3 is 14.8 Å². The molecule has 3 nitrogen and oxygen atoms in total. The molecule has 0 unspecified atom stereocenters. The van der Waals surface area contributed by atoms with Crippen LogP contribution in [-0.2, 0) is 9.53 Å². The van der Waals surface area contributed by atoms with Crippen molar-refractivity contribution in [2.75, 3.05) is 13.2 Å². The van der Waals surface area contributed by atoms with Crippen LogP contribution in [0.2, 0.25) is 0 Å². The lowest BCUT2D eigenvalue weighted by Crippen LogP contribution is -2.47. The number of hydrogen-bond acceptors (Lipinski definition) is 3. The maximum absolute atomic E-state index is 10.2. The minimum absolute atomic E-state index is 0.0382. The molecular formula is C6H11NO2. The van der Waals surface area contributed by atoms with Gasteiger partial charge in [0.1, 0.15) is 6.29 Å². The highest BCUT2D eigenvalue weighted by atomic mass is 16.5. The molecule has 0 aliphatic carbocycles. The summed E-state index contributed by atoms with van der Waals surface area (Å²) < 4.78 is 5.19. The van der Waals surface area contributed by atoms with Crippen LogP contribution in [0, 0.1) is 0 Å². The van der Waals surface area contributed by atoms with E-state index in [-0.39, 0.29) is 12.1 Å². The molecule has 0 saturated carbocycles. The van der Waals surface area contributed by atoms with Crippen molar-refractivity contribution in [2.45, 2.75) is 19.1 Å². The lowest BCUT2D eigenvalue weighted by Gasteiger charge is -2.25. The number of carbonyl (C=O) groups is 1. The lowest BCUT2D eigenvalue weighted by molar-refractivity contribution is -0.114. The van der Waals surface area contributed by atoms with Gasteiger partial charge >= 0.3 is 0 Å². The highest BCUT2D eigenvalue weighted by molar-refractivity contribution is 5.58. The van der Waals surface area contributed by atoms with E-state index in [0.717, 1.165) is 12.8 Å². The van der Waals surface area contributed by atoms with Crippen molar-refractivity contribution in [1.82, 2.24) is 5.32 Å². The molecule has 0 spiro atoms. The van der Waals surface area contributed by atoms with Crippen LogP contribution in [-0.4, -0.2) is 31.6 Å². The average molecular weight is 129 g/mol. The van der Waals surface area contributed by atoms with Gasteiger partial charge in [-0.05, 0) is 6.92 Å². The van der Waals surface area contributed by atoms with Gasteiger partial charge in [-0.2, -0.15) is 0 Å². The van der Waals surface area contributed by atoms with Crippen LogP contribution in [0.15, 0.2) is 0 Å². The largest absolute Gasteiger partial charge is 0.375 e. The third-order valence-electron chi connectivity index (χ3n) is 1.52. The number of aldehydes is 1. The topological polar surface area (TPSA) is 38.3 Å². The van der Waals surface area contributed by atoms with E-state index < -0.39 is 0 Å². The highest BCUT2D eigenvalue weighted by Gasteiger charge is 2.19. The maximum Gasteiger partial charge on any atom is 0.139 e.